The summed E-state index contributed by atoms with van der Waals surface area (Å²) in [6.45, 7) is 3.74. The third kappa shape index (κ3) is 3.19. The molecule has 1 aliphatic heterocycles. The molecule has 0 aliphatic carbocycles. The fraction of sp³-hybridized carbons (Fsp3) is 0.714. The van der Waals surface area contributed by atoms with E-state index in [9.17, 15) is 4.79 Å². The summed E-state index contributed by atoms with van der Waals surface area (Å²) < 4.78 is 1.79. The molecule has 1 amide bonds. The van der Waals surface area contributed by atoms with E-state index in [-0.39, 0.29) is 23.9 Å². The van der Waals surface area contributed by atoms with Crippen molar-refractivity contribution in [3.63, 3.8) is 0 Å². The van der Waals surface area contributed by atoms with Gasteiger partial charge in [0.1, 0.15) is 0 Å². The van der Waals surface area contributed by atoms with E-state index >= 15 is 0 Å². The van der Waals surface area contributed by atoms with Gasteiger partial charge in [0.25, 0.3) is 0 Å². The van der Waals surface area contributed by atoms with E-state index in [4.69, 9.17) is 11.5 Å². The third-order valence-electron chi connectivity index (χ3n) is 4.19. The maximum Gasteiger partial charge on any atom is 0.221 e. The van der Waals surface area contributed by atoms with Crippen molar-refractivity contribution in [3.8, 4) is 0 Å². The van der Waals surface area contributed by atoms with Crippen LogP contribution in [0.25, 0.3) is 0 Å². The Morgan fingerprint density at radius 1 is 1.60 bits per heavy atom. The molecule has 6 heteroatoms. The van der Waals surface area contributed by atoms with E-state index in [1.54, 1.807) is 4.68 Å². The molecule has 0 saturated carbocycles. The molecule has 1 fully saturated rings. The SMILES string of the molecule is CCC(N)C(c1cnn(C)c1)N1CCCC(C(N)=O)C1. The van der Waals surface area contributed by atoms with Gasteiger partial charge in [-0.1, -0.05) is 6.92 Å². The van der Waals surface area contributed by atoms with Crippen molar-refractivity contribution in [2.24, 2.45) is 24.4 Å². The predicted molar refractivity (Wildman–Crippen MR) is 77.7 cm³/mol. The van der Waals surface area contributed by atoms with Gasteiger partial charge >= 0.3 is 0 Å². The maximum atomic E-state index is 11.5. The number of hydrogen-bond acceptors (Lipinski definition) is 4. The average Bonchev–Trinajstić information content (AvgIpc) is 2.85. The van der Waals surface area contributed by atoms with Gasteiger partial charge in [0.2, 0.25) is 5.91 Å². The first-order valence-electron chi connectivity index (χ1n) is 7.30. The van der Waals surface area contributed by atoms with Gasteiger partial charge < -0.3 is 11.5 Å². The highest BCUT2D eigenvalue weighted by Crippen LogP contribution is 2.29. The summed E-state index contributed by atoms with van der Waals surface area (Å²) in [6.07, 6.45) is 6.63. The zero-order valence-electron chi connectivity index (χ0n) is 12.3. The standard InChI is InChI=1S/C14H25N5O/c1-3-12(15)13(11-7-17-18(2)8-11)19-6-4-5-10(9-19)14(16)20/h7-8,10,12-13H,3-6,9,15H2,1-2H3,(H2,16,20). The predicted octanol–water partition coefficient (Wildman–Crippen LogP) is 0.396. The number of nitrogens with zero attached hydrogens (tertiary/aromatic N) is 3. The van der Waals surface area contributed by atoms with Crippen LogP contribution in [0.4, 0.5) is 0 Å². The number of aryl methyl sites for hydroxylation is 1. The van der Waals surface area contributed by atoms with Gasteiger partial charge in [0.15, 0.2) is 0 Å². The lowest BCUT2D eigenvalue weighted by molar-refractivity contribution is -0.123. The lowest BCUT2D eigenvalue weighted by atomic mass is 9.92. The van der Waals surface area contributed by atoms with Crippen molar-refractivity contribution in [3.05, 3.63) is 18.0 Å². The summed E-state index contributed by atoms with van der Waals surface area (Å²) in [7, 11) is 1.90. The maximum absolute atomic E-state index is 11.5. The molecule has 1 saturated heterocycles. The zero-order chi connectivity index (χ0) is 14.7. The first kappa shape index (κ1) is 15.0. The van der Waals surface area contributed by atoms with E-state index in [2.05, 4.69) is 16.9 Å². The summed E-state index contributed by atoms with van der Waals surface area (Å²) in [4.78, 5) is 13.7. The van der Waals surface area contributed by atoms with Crippen molar-refractivity contribution in [1.82, 2.24) is 14.7 Å². The molecule has 112 valence electrons. The van der Waals surface area contributed by atoms with Crippen LogP contribution in [0, 0.1) is 5.92 Å². The van der Waals surface area contributed by atoms with E-state index < -0.39 is 0 Å². The van der Waals surface area contributed by atoms with E-state index in [0.717, 1.165) is 31.4 Å². The number of primary amides is 1. The van der Waals surface area contributed by atoms with Crippen molar-refractivity contribution in [2.45, 2.75) is 38.3 Å². The van der Waals surface area contributed by atoms with Crippen LogP contribution in [0.3, 0.4) is 0 Å². The third-order valence-corrected chi connectivity index (χ3v) is 4.19. The van der Waals surface area contributed by atoms with Gasteiger partial charge in [-0.15, -0.1) is 0 Å². The summed E-state index contributed by atoms with van der Waals surface area (Å²) in [6, 6.07) is 0.140. The molecule has 0 spiro atoms. The fourth-order valence-corrected chi connectivity index (χ4v) is 3.04. The summed E-state index contributed by atoms with van der Waals surface area (Å²) in [5, 5.41) is 4.25. The lowest BCUT2D eigenvalue weighted by Crippen LogP contribution is -2.47. The van der Waals surface area contributed by atoms with Crippen molar-refractivity contribution < 1.29 is 4.79 Å². The Hall–Kier alpha value is -1.40. The van der Waals surface area contributed by atoms with Crippen LogP contribution in [-0.4, -0.2) is 39.7 Å². The van der Waals surface area contributed by atoms with Crippen molar-refractivity contribution in [1.29, 1.82) is 0 Å². The largest absolute Gasteiger partial charge is 0.369 e. The molecule has 0 bridgehead atoms. The van der Waals surface area contributed by atoms with Gasteiger partial charge in [-0.25, -0.2) is 0 Å². The lowest BCUT2D eigenvalue weighted by Gasteiger charge is -2.39. The highest BCUT2D eigenvalue weighted by Gasteiger charge is 2.32. The molecule has 0 radical (unpaired) electrons. The highest BCUT2D eigenvalue weighted by atomic mass is 16.1. The monoisotopic (exact) mass is 279 g/mol. The van der Waals surface area contributed by atoms with Crippen LogP contribution in [0.5, 0.6) is 0 Å². The number of rotatable bonds is 5. The van der Waals surface area contributed by atoms with Gasteiger partial charge in [-0.3, -0.25) is 14.4 Å². The normalized spacial score (nSPS) is 23.4. The molecule has 1 aromatic heterocycles. The van der Waals surface area contributed by atoms with Gasteiger partial charge in [-0.2, -0.15) is 5.10 Å². The van der Waals surface area contributed by atoms with Gasteiger partial charge in [0.05, 0.1) is 18.2 Å². The Labute approximate surface area is 120 Å². The van der Waals surface area contributed by atoms with Crippen molar-refractivity contribution >= 4 is 5.91 Å². The Morgan fingerprint density at radius 3 is 2.90 bits per heavy atom. The molecule has 2 rings (SSSR count). The second-order valence-electron chi connectivity index (χ2n) is 5.70. The molecule has 4 N–H and O–H groups in total. The quantitative estimate of drug-likeness (QED) is 0.816. The minimum atomic E-state index is -0.204. The van der Waals surface area contributed by atoms with Crippen LogP contribution >= 0.6 is 0 Å². The highest BCUT2D eigenvalue weighted by molar-refractivity contribution is 5.76. The molecule has 0 aromatic carbocycles. The van der Waals surface area contributed by atoms with Crippen LogP contribution in [0.1, 0.15) is 37.8 Å². The first-order valence-corrected chi connectivity index (χ1v) is 7.30. The second kappa shape index (κ2) is 6.37. The Bertz CT molecular complexity index is 458. The number of nitrogens with two attached hydrogens (primary N) is 2. The zero-order valence-corrected chi connectivity index (χ0v) is 12.3. The Balaban J connectivity index is 2.20. The summed E-state index contributed by atoms with van der Waals surface area (Å²) in [5.74, 6) is -0.267. The Kier molecular flexibility index (Phi) is 4.77. The number of likely N-dealkylation sites (tertiary alicyclic amines) is 1. The smallest absolute Gasteiger partial charge is 0.221 e. The van der Waals surface area contributed by atoms with Gasteiger partial charge in [0, 0.05) is 31.4 Å². The van der Waals surface area contributed by atoms with E-state index in [1.165, 1.54) is 0 Å². The molecule has 3 atom stereocenters. The molecule has 1 aromatic rings. The Morgan fingerprint density at radius 2 is 2.35 bits per heavy atom. The number of piperidine rings is 1. The summed E-state index contributed by atoms with van der Waals surface area (Å²) >= 11 is 0. The minimum Gasteiger partial charge on any atom is -0.369 e. The molecule has 1 aliphatic rings. The number of hydrogen-bond donors (Lipinski definition) is 2. The topological polar surface area (TPSA) is 90.2 Å². The molecule has 2 heterocycles. The first-order chi connectivity index (χ1) is 9.52. The number of amides is 1. The minimum absolute atomic E-state index is 0.0332. The van der Waals surface area contributed by atoms with Crippen LogP contribution in [-0.2, 0) is 11.8 Å². The van der Waals surface area contributed by atoms with Crippen LogP contribution in [0.15, 0.2) is 12.4 Å². The van der Waals surface area contributed by atoms with Crippen LogP contribution < -0.4 is 11.5 Å². The number of carbonyl (C=O) groups is 1. The molecular formula is C14H25N5O. The van der Waals surface area contributed by atoms with Gasteiger partial charge in [-0.05, 0) is 25.8 Å². The molecule has 3 unspecified atom stereocenters. The summed E-state index contributed by atoms with van der Waals surface area (Å²) in [5.41, 5.74) is 12.9. The van der Waals surface area contributed by atoms with Crippen LogP contribution in [0.2, 0.25) is 0 Å². The number of carbonyl (C=O) groups excluding carboxylic acids is 1. The average molecular weight is 279 g/mol. The van der Waals surface area contributed by atoms with E-state index in [1.807, 2.05) is 19.4 Å². The molecule has 6 nitrogen and oxygen atoms in total. The fourth-order valence-electron chi connectivity index (χ4n) is 3.04. The molecule has 20 heavy (non-hydrogen) atoms. The van der Waals surface area contributed by atoms with Crippen molar-refractivity contribution in [2.75, 3.05) is 13.1 Å². The number of aromatic nitrogens is 2. The van der Waals surface area contributed by atoms with E-state index in [0.29, 0.717) is 6.54 Å². The second-order valence-corrected chi connectivity index (χ2v) is 5.70. The molecular weight excluding hydrogens is 254 g/mol.